The molecule has 1 fully saturated rings. The highest BCUT2D eigenvalue weighted by atomic mass is 32.2. The summed E-state index contributed by atoms with van der Waals surface area (Å²) in [6, 6.07) is 2.42. The predicted molar refractivity (Wildman–Crippen MR) is 53.2 cm³/mol. The number of thioether (sulfide) groups is 1. The van der Waals surface area contributed by atoms with Crippen LogP contribution in [0.1, 0.15) is 26.2 Å². The molecule has 0 aliphatic heterocycles. The van der Waals surface area contributed by atoms with Crippen molar-refractivity contribution >= 4 is 11.8 Å². The minimum Gasteiger partial charge on any atom is -0.300 e. The molecule has 2 atom stereocenters. The summed E-state index contributed by atoms with van der Waals surface area (Å²) in [7, 11) is 0. The molecule has 1 N–H and O–H groups in total. The van der Waals surface area contributed by atoms with Gasteiger partial charge in [0, 0.05) is 5.25 Å². The van der Waals surface area contributed by atoms with Crippen LogP contribution in [0.25, 0.3) is 0 Å². The molecule has 0 aromatic carbocycles. The average Bonchev–Trinajstić information content (AvgIpc) is 2.50. The molecular weight excluding hydrogens is 168 g/mol. The van der Waals surface area contributed by atoms with Crippen LogP contribution in [0.2, 0.25) is 0 Å². The zero-order valence-electron chi connectivity index (χ0n) is 7.76. The van der Waals surface area contributed by atoms with Gasteiger partial charge in [0.25, 0.3) is 0 Å². The summed E-state index contributed by atoms with van der Waals surface area (Å²) in [6.07, 6.45) is 5.34. The lowest BCUT2D eigenvalue weighted by molar-refractivity contribution is 0.436. The minimum atomic E-state index is -0.206. The van der Waals surface area contributed by atoms with Crippen LogP contribution in [0.3, 0.4) is 0 Å². The van der Waals surface area contributed by atoms with Gasteiger partial charge in [-0.3, -0.25) is 5.32 Å². The minimum absolute atomic E-state index is 0.206. The summed E-state index contributed by atoms with van der Waals surface area (Å²) in [4.78, 5) is 0. The molecule has 0 aromatic heterocycles. The maximum absolute atomic E-state index is 9.04. The summed E-state index contributed by atoms with van der Waals surface area (Å²) < 4.78 is 0. The Balaban J connectivity index is 2.55. The zero-order chi connectivity index (χ0) is 9.03. The first-order chi connectivity index (χ1) is 5.76. The molecule has 0 amide bonds. The fourth-order valence-corrected chi connectivity index (χ4v) is 2.65. The lowest BCUT2D eigenvalue weighted by Crippen LogP contribution is -2.41. The first-order valence-electron chi connectivity index (χ1n) is 4.45. The van der Waals surface area contributed by atoms with E-state index in [1.165, 1.54) is 6.42 Å². The van der Waals surface area contributed by atoms with Crippen molar-refractivity contribution in [2.75, 3.05) is 12.8 Å². The molecule has 68 valence electrons. The fraction of sp³-hybridized carbons (Fsp3) is 0.889. The van der Waals surface area contributed by atoms with Crippen LogP contribution in [0.15, 0.2) is 0 Å². The molecule has 1 aliphatic rings. The van der Waals surface area contributed by atoms with E-state index in [-0.39, 0.29) is 5.54 Å². The lowest BCUT2D eigenvalue weighted by atomic mass is 10.0. The first-order valence-corrected chi connectivity index (χ1v) is 5.74. The Morgan fingerprint density at radius 3 is 2.92 bits per heavy atom. The van der Waals surface area contributed by atoms with Crippen LogP contribution in [-0.2, 0) is 0 Å². The summed E-state index contributed by atoms with van der Waals surface area (Å²) in [5, 5.41) is 13.0. The second-order valence-corrected chi connectivity index (χ2v) is 4.46. The quantitative estimate of drug-likeness (QED) is 0.726. The van der Waals surface area contributed by atoms with Crippen molar-refractivity contribution < 1.29 is 0 Å². The number of rotatable bonds is 3. The van der Waals surface area contributed by atoms with E-state index in [1.807, 2.05) is 11.8 Å². The molecule has 1 saturated carbocycles. The van der Waals surface area contributed by atoms with Crippen molar-refractivity contribution in [1.82, 2.24) is 5.32 Å². The van der Waals surface area contributed by atoms with Gasteiger partial charge in [-0.25, -0.2) is 0 Å². The topological polar surface area (TPSA) is 35.8 Å². The van der Waals surface area contributed by atoms with Gasteiger partial charge in [0.15, 0.2) is 0 Å². The van der Waals surface area contributed by atoms with Crippen molar-refractivity contribution in [2.45, 2.75) is 37.0 Å². The summed E-state index contributed by atoms with van der Waals surface area (Å²) in [6.45, 7) is 2.96. The largest absolute Gasteiger partial charge is 0.300 e. The highest BCUT2D eigenvalue weighted by molar-refractivity contribution is 7.99. The first kappa shape index (κ1) is 9.88. The molecule has 1 rings (SSSR count). The molecule has 0 heterocycles. The Hall–Kier alpha value is -0.200. The van der Waals surface area contributed by atoms with Gasteiger partial charge < -0.3 is 0 Å². The fourth-order valence-electron chi connectivity index (χ4n) is 1.84. The Kier molecular flexibility index (Phi) is 3.42. The molecule has 12 heavy (non-hydrogen) atoms. The maximum atomic E-state index is 9.04. The van der Waals surface area contributed by atoms with Crippen LogP contribution >= 0.6 is 11.8 Å². The van der Waals surface area contributed by atoms with E-state index in [4.69, 9.17) is 5.26 Å². The molecule has 0 saturated heterocycles. The third-order valence-electron chi connectivity index (χ3n) is 2.53. The Morgan fingerprint density at radius 1 is 1.75 bits per heavy atom. The Bertz CT molecular complexity index is 187. The SMILES string of the molecule is CCNC1(C#N)CCC(SC)C1. The van der Waals surface area contributed by atoms with Crippen molar-refractivity contribution in [3.05, 3.63) is 0 Å². The number of nitriles is 1. The summed E-state index contributed by atoms with van der Waals surface area (Å²) in [5.41, 5.74) is -0.206. The van der Waals surface area contributed by atoms with E-state index in [0.717, 1.165) is 19.4 Å². The predicted octanol–water partition coefficient (Wildman–Crippen LogP) is 1.77. The third-order valence-corrected chi connectivity index (χ3v) is 3.60. The van der Waals surface area contributed by atoms with Crippen LogP contribution in [0.5, 0.6) is 0 Å². The Morgan fingerprint density at radius 2 is 2.50 bits per heavy atom. The van der Waals surface area contributed by atoms with Gasteiger partial charge in [-0.15, -0.1) is 0 Å². The van der Waals surface area contributed by atoms with Gasteiger partial charge in [0.05, 0.1) is 6.07 Å². The third kappa shape index (κ3) is 1.94. The highest BCUT2D eigenvalue weighted by Crippen LogP contribution is 2.35. The van der Waals surface area contributed by atoms with Crippen molar-refractivity contribution in [2.24, 2.45) is 0 Å². The van der Waals surface area contributed by atoms with Crippen molar-refractivity contribution in [1.29, 1.82) is 5.26 Å². The molecule has 0 aromatic rings. The molecule has 2 unspecified atom stereocenters. The Labute approximate surface area is 78.7 Å². The second kappa shape index (κ2) is 4.15. The molecule has 1 aliphatic carbocycles. The molecule has 3 heteroatoms. The molecule has 0 radical (unpaired) electrons. The highest BCUT2D eigenvalue weighted by Gasteiger charge is 2.38. The number of nitrogens with zero attached hydrogens (tertiary/aromatic N) is 1. The van der Waals surface area contributed by atoms with E-state index in [0.29, 0.717) is 5.25 Å². The average molecular weight is 184 g/mol. The zero-order valence-corrected chi connectivity index (χ0v) is 8.58. The molecule has 0 bridgehead atoms. The number of hydrogen-bond acceptors (Lipinski definition) is 3. The van der Waals surface area contributed by atoms with Gasteiger partial charge in [-0.1, -0.05) is 6.92 Å². The molecule has 2 nitrogen and oxygen atoms in total. The van der Waals surface area contributed by atoms with Gasteiger partial charge in [0.1, 0.15) is 5.54 Å². The second-order valence-electron chi connectivity index (χ2n) is 3.32. The molecular formula is C9H16N2S. The van der Waals surface area contributed by atoms with Gasteiger partial charge >= 0.3 is 0 Å². The van der Waals surface area contributed by atoms with E-state index in [2.05, 4.69) is 24.6 Å². The van der Waals surface area contributed by atoms with Crippen molar-refractivity contribution in [3.8, 4) is 6.07 Å². The smallest absolute Gasteiger partial charge is 0.107 e. The van der Waals surface area contributed by atoms with Crippen LogP contribution in [0.4, 0.5) is 0 Å². The summed E-state index contributed by atoms with van der Waals surface area (Å²) in [5.74, 6) is 0. The summed E-state index contributed by atoms with van der Waals surface area (Å²) >= 11 is 1.88. The van der Waals surface area contributed by atoms with Crippen LogP contribution in [0, 0.1) is 11.3 Å². The monoisotopic (exact) mass is 184 g/mol. The van der Waals surface area contributed by atoms with E-state index in [9.17, 15) is 0 Å². The molecule has 0 spiro atoms. The van der Waals surface area contributed by atoms with Gasteiger partial charge in [-0.2, -0.15) is 17.0 Å². The maximum Gasteiger partial charge on any atom is 0.107 e. The van der Waals surface area contributed by atoms with Crippen molar-refractivity contribution in [3.63, 3.8) is 0 Å². The van der Waals surface area contributed by atoms with Gasteiger partial charge in [0.2, 0.25) is 0 Å². The standard InChI is InChI=1S/C9H16N2S/c1-3-11-9(7-10)5-4-8(6-9)12-2/h8,11H,3-6H2,1-2H3. The number of hydrogen-bond donors (Lipinski definition) is 1. The normalized spacial score (nSPS) is 34.9. The van der Waals surface area contributed by atoms with Crippen LogP contribution in [-0.4, -0.2) is 23.6 Å². The van der Waals surface area contributed by atoms with E-state index < -0.39 is 0 Å². The number of nitrogens with one attached hydrogen (secondary N) is 1. The van der Waals surface area contributed by atoms with Gasteiger partial charge in [-0.05, 0) is 32.1 Å². The van der Waals surface area contributed by atoms with E-state index >= 15 is 0 Å². The van der Waals surface area contributed by atoms with E-state index in [1.54, 1.807) is 0 Å². The lowest BCUT2D eigenvalue weighted by Gasteiger charge is -2.21. The van der Waals surface area contributed by atoms with Crippen LogP contribution < -0.4 is 5.32 Å².